The number of nitrogens with zero attached hydrogens (tertiary/aromatic N) is 1. The maximum absolute atomic E-state index is 2.39. The van der Waals surface area contributed by atoms with E-state index in [1.54, 1.807) is 0 Å². The zero-order chi connectivity index (χ0) is 31.9. The fourth-order valence-electron chi connectivity index (χ4n) is 6.90. The fraction of sp³-hybridized carbons (Fsp3) is 0. The molecule has 0 bridgehead atoms. The molecule has 0 aliphatic carbocycles. The van der Waals surface area contributed by atoms with Crippen molar-refractivity contribution in [1.82, 2.24) is 0 Å². The molecule has 1 nitrogen and oxygen atoms in total. The highest BCUT2D eigenvalue weighted by Crippen LogP contribution is 2.46. The van der Waals surface area contributed by atoms with Crippen molar-refractivity contribution in [3.8, 4) is 33.4 Å². The Kier molecular flexibility index (Phi) is 7.07. The summed E-state index contributed by atoms with van der Waals surface area (Å²) >= 11 is 1.89. The fourth-order valence-corrected chi connectivity index (χ4v) is 8.15. The Hall–Kier alpha value is -5.96. The summed E-state index contributed by atoms with van der Waals surface area (Å²) in [6.45, 7) is 0. The van der Waals surface area contributed by atoms with Crippen molar-refractivity contribution in [1.29, 1.82) is 0 Å². The second-order valence-corrected chi connectivity index (χ2v) is 13.2. The lowest BCUT2D eigenvalue weighted by Crippen LogP contribution is -2.09. The van der Waals surface area contributed by atoms with E-state index in [0.717, 1.165) is 17.1 Å². The van der Waals surface area contributed by atoms with Gasteiger partial charge in [0.05, 0.1) is 0 Å². The van der Waals surface area contributed by atoms with E-state index in [0.29, 0.717) is 0 Å². The maximum Gasteiger partial charge on any atom is 0.0468 e. The molecule has 0 atom stereocenters. The minimum Gasteiger partial charge on any atom is -0.310 e. The monoisotopic (exact) mass is 629 g/mol. The lowest BCUT2D eigenvalue weighted by atomic mass is 9.95. The van der Waals surface area contributed by atoms with Gasteiger partial charge in [-0.2, -0.15) is 0 Å². The number of anilines is 3. The predicted octanol–water partition coefficient (Wildman–Crippen LogP) is 13.7. The van der Waals surface area contributed by atoms with Crippen LogP contribution in [-0.2, 0) is 0 Å². The Morgan fingerprint density at radius 2 is 0.833 bits per heavy atom. The molecule has 0 aliphatic rings. The molecule has 0 aliphatic heterocycles. The second-order valence-electron chi connectivity index (χ2n) is 12.2. The molecule has 2 heteroatoms. The van der Waals surface area contributed by atoms with Gasteiger partial charge in [-0.05, 0) is 87.3 Å². The van der Waals surface area contributed by atoms with Crippen LogP contribution in [0.25, 0.3) is 64.3 Å². The number of thiophene rings is 1. The molecule has 0 amide bonds. The summed E-state index contributed by atoms with van der Waals surface area (Å²) in [7, 11) is 0. The normalized spacial score (nSPS) is 11.3. The van der Waals surface area contributed by atoms with Crippen LogP contribution in [0.1, 0.15) is 0 Å². The Balaban J connectivity index is 1.23. The molecule has 0 spiro atoms. The van der Waals surface area contributed by atoms with Gasteiger partial charge in [0.2, 0.25) is 0 Å². The Morgan fingerprint density at radius 3 is 1.42 bits per heavy atom. The highest BCUT2D eigenvalue weighted by molar-refractivity contribution is 7.26. The number of hydrogen-bond donors (Lipinski definition) is 0. The predicted molar refractivity (Wildman–Crippen MR) is 208 cm³/mol. The minimum absolute atomic E-state index is 1.12. The summed E-state index contributed by atoms with van der Waals surface area (Å²) in [5.41, 5.74) is 10.8. The van der Waals surface area contributed by atoms with Gasteiger partial charge in [0.1, 0.15) is 0 Å². The van der Waals surface area contributed by atoms with Crippen LogP contribution in [0, 0.1) is 0 Å². The van der Waals surface area contributed by atoms with E-state index >= 15 is 0 Å². The van der Waals surface area contributed by atoms with Crippen LogP contribution in [-0.4, -0.2) is 0 Å². The molecule has 0 unspecified atom stereocenters. The SMILES string of the molecule is c1ccc(-c2ccc(N(c3ccc(-c4ccccc4)cc3)c3ccc4cc(-c5ccccc5)c5c6ccccc6sc5c4c3)cc2)cc1. The summed E-state index contributed by atoms with van der Waals surface area (Å²) in [5, 5.41) is 5.16. The summed E-state index contributed by atoms with van der Waals surface area (Å²) < 4.78 is 2.64. The highest BCUT2D eigenvalue weighted by atomic mass is 32.1. The molecule has 0 saturated heterocycles. The van der Waals surface area contributed by atoms with E-state index in [2.05, 4.69) is 193 Å². The molecule has 48 heavy (non-hydrogen) atoms. The first-order valence-corrected chi connectivity index (χ1v) is 17.2. The van der Waals surface area contributed by atoms with Crippen LogP contribution in [0.5, 0.6) is 0 Å². The van der Waals surface area contributed by atoms with Crippen molar-refractivity contribution in [2.24, 2.45) is 0 Å². The highest BCUT2D eigenvalue weighted by Gasteiger charge is 2.18. The van der Waals surface area contributed by atoms with Crippen molar-refractivity contribution in [3.05, 3.63) is 188 Å². The quantitative estimate of drug-likeness (QED) is 0.177. The molecule has 0 fully saturated rings. The molecule has 1 aromatic heterocycles. The average Bonchev–Trinajstić information content (AvgIpc) is 3.57. The van der Waals surface area contributed by atoms with Crippen LogP contribution in [0.4, 0.5) is 17.1 Å². The molecular weight excluding hydrogens is 599 g/mol. The van der Waals surface area contributed by atoms with Crippen LogP contribution in [0.2, 0.25) is 0 Å². The van der Waals surface area contributed by atoms with Gasteiger partial charge in [-0.1, -0.05) is 140 Å². The Labute approximate surface area is 284 Å². The van der Waals surface area contributed by atoms with Gasteiger partial charge in [-0.25, -0.2) is 0 Å². The summed E-state index contributed by atoms with van der Waals surface area (Å²) in [6, 6.07) is 68.0. The molecule has 9 rings (SSSR count). The number of rotatable bonds is 6. The molecule has 0 saturated carbocycles. The van der Waals surface area contributed by atoms with E-state index in [1.165, 1.54) is 64.3 Å². The van der Waals surface area contributed by atoms with E-state index in [4.69, 9.17) is 0 Å². The standard InChI is InChI=1S/C46H31NS/c1-4-12-32(13-5-1)34-20-25-38(26-21-34)47(39-27-22-35(23-28-39)33-14-6-2-7-15-33)40-29-24-37-30-42(36-16-8-3-9-17-36)45-41-18-10-11-19-44(41)48-46(45)43(37)31-40/h1-31H. The summed E-state index contributed by atoms with van der Waals surface area (Å²) in [5.74, 6) is 0. The third-order valence-electron chi connectivity index (χ3n) is 9.25. The Morgan fingerprint density at radius 1 is 0.354 bits per heavy atom. The molecule has 0 N–H and O–H groups in total. The topological polar surface area (TPSA) is 3.24 Å². The van der Waals surface area contributed by atoms with Crippen molar-refractivity contribution >= 4 is 59.3 Å². The Bertz CT molecular complexity index is 2430. The zero-order valence-electron chi connectivity index (χ0n) is 26.3. The van der Waals surface area contributed by atoms with Gasteiger partial charge < -0.3 is 4.90 Å². The molecule has 8 aromatic carbocycles. The number of hydrogen-bond acceptors (Lipinski definition) is 2. The number of fused-ring (bicyclic) bond motifs is 5. The van der Waals surface area contributed by atoms with Gasteiger partial charge in [0.15, 0.2) is 0 Å². The van der Waals surface area contributed by atoms with Gasteiger partial charge in [-0.15, -0.1) is 11.3 Å². The number of benzene rings is 8. The van der Waals surface area contributed by atoms with Crippen molar-refractivity contribution in [2.75, 3.05) is 4.90 Å². The third-order valence-corrected chi connectivity index (χ3v) is 10.5. The smallest absolute Gasteiger partial charge is 0.0468 e. The summed E-state index contributed by atoms with van der Waals surface area (Å²) in [4.78, 5) is 2.38. The lowest BCUT2D eigenvalue weighted by Gasteiger charge is -2.26. The zero-order valence-corrected chi connectivity index (χ0v) is 27.1. The van der Waals surface area contributed by atoms with E-state index in [1.807, 2.05) is 11.3 Å². The van der Waals surface area contributed by atoms with Crippen LogP contribution < -0.4 is 4.90 Å². The van der Waals surface area contributed by atoms with Crippen LogP contribution in [0.15, 0.2) is 188 Å². The third kappa shape index (κ3) is 5.04. The van der Waals surface area contributed by atoms with Crippen molar-refractivity contribution in [3.63, 3.8) is 0 Å². The van der Waals surface area contributed by atoms with Gasteiger partial charge in [-0.3, -0.25) is 0 Å². The maximum atomic E-state index is 2.39. The second kappa shape index (κ2) is 12.0. The average molecular weight is 630 g/mol. The molecule has 0 radical (unpaired) electrons. The van der Waals surface area contributed by atoms with E-state index in [9.17, 15) is 0 Å². The van der Waals surface area contributed by atoms with E-state index in [-0.39, 0.29) is 0 Å². The lowest BCUT2D eigenvalue weighted by molar-refractivity contribution is 1.29. The van der Waals surface area contributed by atoms with Gasteiger partial charge >= 0.3 is 0 Å². The molecule has 9 aromatic rings. The molecule has 226 valence electrons. The molecular formula is C46H31NS. The van der Waals surface area contributed by atoms with Crippen molar-refractivity contribution < 1.29 is 0 Å². The van der Waals surface area contributed by atoms with Gasteiger partial charge in [0.25, 0.3) is 0 Å². The first kappa shape index (κ1) is 28.3. The van der Waals surface area contributed by atoms with E-state index < -0.39 is 0 Å². The minimum atomic E-state index is 1.12. The first-order valence-electron chi connectivity index (χ1n) is 16.3. The van der Waals surface area contributed by atoms with Crippen LogP contribution in [0.3, 0.4) is 0 Å². The van der Waals surface area contributed by atoms with Crippen LogP contribution >= 0.6 is 11.3 Å². The van der Waals surface area contributed by atoms with Gasteiger partial charge in [0, 0.05) is 42.6 Å². The first-order chi connectivity index (χ1) is 23.8. The summed E-state index contributed by atoms with van der Waals surface area (Å²) in [6.07, 6.45) is 0. The van der Waals surface area contributed by atoms with Crippen molar-refractivity contribution in [2.45, 2.75) is 0 Å². The largest absolute Gasteiger partial charge is 0.310 e. The molecule has 1 heterocycles.